The molecule has 1 amide bonds. The quantitative estimate of drug-likeness (QED) is 0.534. The summed E-state index contributed by atoms with van der Waals surface area (Å²) in [4.78, 5) is 14.2. The van der Waals surface area contributed by atoms with E-state index in [0.717, 1.165) is 19.4 Å². The van der Waals surface area contributed by atoms with Crippen LogP contribution in [0.5, 0.6) is 0 Å². The van der Waals surface area contributed by atoms with E-state index in [-0.39, 0.29) is 0 Å². The molecule has 0 aromatic heterocycles. The minimum atomic E-state index is 0.295. The van der Waals surface area contributed by atoms with Crippen LogP contribution in [0.15, 0.2) is 12.3 Å². The number of nitrogens with zero attached hydrogens (tertiary/aromatic N) is 2. The van der Waals surface area contributed by atoms with Gasteiger partial charge in [0.15, 0.2) is 0 Å². The van der Waals surface area contributed by atoms with Crippen LogP contribution in [0.3, 0.4) is 0 Å². The van der Waals surface area contributed by atoms with E-state index in [4.69, 9.17) is 0 Å². The lowest BCUT2D eigenvalue weighted by atomic mass is 10.1. The second kappa shape index (κ2) is 3.42. The van der Waals surface area contributed by atoms with Gasteiger partial charge in [0.05, 0.1) is 6.04 Å². The molecular weight excluding hydrogens is 140 g/mol. The zero-order valence-corrected chi connectivity index (χ0v) is 7.03. The van der Waals surface area contributed by atoms with Gasteiger partial charge in [0, 0.05) is 20.6 Å². The second-order valence-electron chi connectivity index (χ2n) is 2.95. The summed E-state index contributed by atoms with van der Waals surface area (Å²) in [7, 11) is 3.85. The monoisotopic (exact) mass is 154 g/mol. The zero-order valence-electron chi connectivity index (χ0n) is 7.03. The highest BCUT2D eigenvalue weighted by molar-refractivity contribution is 5.47. The third kappa shape index (κ3) is 1.97. The third-order valence-electron chi connectivity index (χ3n) is 2.03. The van der Waals surface area contributed by atoms with E-state index < -0.39 is 0 Å². The molecule has 1 aliphatic rings. The van der Waals surface area contributed by atoms with Gasteiger partial charge in [0.2, 0.25) is 6.41 Å². The van der Waals surface area contributed by atoms with E-state index in [9.17, 15) is 4.79 Å². The Morgan fingerprint density at radius 3 is 2.91 bits per heavy atom. The van der Waals surface area contributed by atoms with Crippen molar-refractivity contribution in [2.45, 2.75) is 12.5 Å². The van der Waals surface area contributed by atoms with Crippen LogP contribution in [0.1, 0.15) is 6.42 Å². The van der Waals surface area contributed by atoms with Gasteiger partial charge in [-0.3, -0.25) is 4.79 Å². The molecule has 3 nitrogen and oxygen atoms in total. The predicted octanol–water partition coefficient (Wildman–Crippen LogP) is 0.292. The standard InChI is InChI=1S/C8H14N2O/c1-9-5-3-8(4-6-9)10(2)7-11/h3,5,7-8H,4,6H2,1-2H3. The van der Waals surface area contributed by atoms with Gasteiger partial charge >= 0.3 is 0 Å². The van der Waals surface area contributed by atoms with Crippen LogP contribution < -0.4 is 0 Å². The molecule has 1 unspecified atom stereocenters. The average Bonchev–Trinajstić information content (AvgIpc) is 2.05. The van der Waals surface area contributed by atoms with Gasteiger partial charge in [0.25, 0.3) is 0 Å². The molecule has 0 aromatic rings. The Labute approximate surface area is 67.3 Å². The van der Waals surface area contributed by atoms with Crippen molar-refractivity contribution in [3.8, 4) is 0 Å². The van der Waals surface area contributed by atoms with E-state index in [0.29, 0.717) is 6.04 Å². The van der Waals surface area contributed by atoms with Crippen LogP contribution in [0, 0.1) is 0 Å². The summed E-state index contributed by atoms with van der Waals surface area (Å²) < 4.78 is 0. The Balaban J connectivity index is 2.49. The lowest BCUT2D eigenvalue weighted by molar-refractivity contribution is -0.118. The summed E-state index contributed by atoms with van der Waals surface area (Å²) in [5, 5.41) is 0. The van der Waals surface area contributed by atoms with Crippen LogP contribution in [0.2, 0.25) is 0 Å². The van der Waals surface area contributed by atoms with Crippen molar-refractivity contribution in [1.82, 2.24) is 9.80 Å². The molecule has 0 aromatic carbocycles. The van der Waals surface area contributed by atoms with Crippen LogP contribution in [0.4, 0.5) is 0 Å². The maximum Gasteiger partial charge on any atom is 0.209 e. The smallest absolute Gasteiger partial charge is 0.209 e. The fraction of sp³-hybridized carbons (Fsp3) is 0.625. The Kier molecular flexibility index (Phi) is 2.52. The van der Waals surface area contributed by atoms with E-state index in [1.807, 2.05) is 20.3 Å². The first-order chi connectivity index (χ1) is 5.24. The molecule has 62 valence electrons. The predicted molar refractivity (Wildman–Crippen MR) is 44.0 cm³/mol. The van der Waals surface area contributed by atoms with Crippen molar-refractivity contribution >= 4 is 6.41 Å². The zero-order chi connectivity index (χ0) is 8.27. The van der Waals surface area contributed by atoms with Crippen LogP contribution in [-0.4, -0.2) is 42.9 Å². The molecule has 0 bridgehead atoms. The molecular formula is C8H14N2O. The number of rotatable bonds is 2. The molecule has 0 saturated heterocycles. The van der Waals surface area contributed by atoms with Crippen molar-refractivity contribution in [3.63, 3.8) is 0 Å². The van der Waals surface area contributed by atoms with Crippen LogP contribution in [-0.2, 0) is 4.79 Å². The summed E-state index contributed by atoms with van der Waals surface area (Å²) in [6.45, 7) is 1.03. The van der Waals surface area contributed by atoms with E-state index in [1.54, 1.807) is 4.90 Å². The molecule has 0 spiro atoms. The largest absolute Gasteiger partial charge is 0.381 e. The Morgan fingerprint density at radius 2 is 2.45 bits per heavy atom. The lowest BCUT2D eigenvalue weighted by Crippen LogP contribution is -2.34. The number of carbonyl (C=O) groups excluding carboxylic acids is 1. The van der Waals surface area contributed by atoms with Crippen LogP contribution >= 0.6 is 0 Å². The first kappa shape index (κ1) is 8.11. The molecule has 0 N–H and O–H groups in total. The molecule has 3 heteroatoms. The summed E-state index contributed by atoms with van der Waals surface area (Å²) in [5.74, 6) is 0. The first-order valence-electron chi connectivity index (χ1n) is 3.80. The van der Waals surface area contributed by atoms with Crippen molar-refractivity contribution in [2.75, 3.05) is 20.6 Å². The van der Waals surface area contributed by atoms with E-state index >= 15 is 0 Å². The molecule has 0 aliphatic carbocycles. The van der Waals surface area contributed by atoms with Crippen molar-refractivity contribution < 1.29 is 4.79 Å². The van der Waals surface area contributed by atoms with Gasteiger partial charge in [-0.15, -0.1) is 0 Å². The van der Waals surface area contributed by atoms with Crippen LogP contribution in [0.25, 0.3) is 0 Å². The lowest BCUT2D eigenvalue weighted by Gasteiger charge is -2.28. The molecule has 11 heavy (non-hydrogen) atoms. The van der Waals surface area contributed by atoms with E-state index in [2.05, 4.69) is 11.0 Å². The highest BCUT2D eigenvalue weighted by Gasteiger charge is 2.13. The number of hydrogen-bond donors (Lipinski definition) is 0. The molecule has 1 aliphatic heterocycles. The third-order valence-corrected chi connectivity index (χ3v) is 2.03. The van der Waals surface area contributed by atoms with Gasteiger partial charge in [-0.05, 0) is 18.7 Å². The minimum absolute atomic E-state index is 0.295. The summed E-state index contributed by atoms with van der Waals surface area (Å²) >= 11 is 0. The number of amides is 1. The average molecular weight is 154 g/mol. The fourth-order valence-corrected chi connectivity index (χ4v) is 1.17. The van der Waals surface area contributed by atoms with Gasteiger partial charge < -0.3 is 9.80 Å². The van der Waals surface area contributed by atoms with E-state index in [1.165, 1.54) is 0 Å². The normalized spacial score (nSPS) is 23.5. The van der Waals surface area contributed by atoms with Crippen molar-refractivity contribution in [1.29, 1.82) is 0 Å². The van der Waals surface area contributed by atoms with Gasteiger partial charge in [0.1, 0.15) is 0 Å². The SMILES string of the molecule is CN1C=CC(N(C)C=O)CC1. The molecule has 1 heterocycles. The molecule has 0 radical (unpaired) electrons. The summed E-state index contributed by atoms with van der Waals surface area (Å²) in [6, 6.07) is 0.295. The van der Waals surface area contributed by atoms with Crippen molar-refractivity contribution in [3.05, 3.63) is 12.3 Å². The van der Waals surface area contributed by atoms with Gasteiger partial charge in [-0.2, -0.15) is 0 Å². The maximum absolute atomic E-state index is 10.4. The highest BCUT2D eigenvalue weighted by atomic mass is 16.1. The highest BCUT2D eigenvalue weighted by Crippen LogP contribution is 2.08. The maximum atomic E-state index is 10.4. The molecule has 0 saturated carbocycles. The Morgan fingerprint density at radius 1 is 1.73 bits per heavy atom. The topological polar surface area (TPSA) is 23.6 Å². The first-order valence-corrected chi connectivity index (χ1v) is 3.80. The molecule has 1 rings (SSSR count). The fourth-order valence-electron chi connectivity index (χ4n) is 1.17. The van der Waals surface area contributed by atoms with Gasteiger partial charge in [-0.1, -0.05) is 0 Å². The summed E-state index contributed by atoms with van der Waals surface area (Å²) in [6.07, 6.45) is 5.98. The Hall–Kier alpha value is -0.990. The number of hydrogen-bond acceptors (Lipinski definition) is 2. The molecule has 0 fully saturated rings. The van der Waals surface area contributed by atoms with Crippen molar-refractivity contribution in [2.24, 2.45) is 0 Å². The summed E-state index contributed by atoms with van der Waals surface area (Å²) in [5.41, 5.74) is 0. The molecule has 1 atom stereocenters. The minimum Gasteiger partial charge on any atom is -0.381 e. The number of carbonyl (C=O) groups is 1. The Bertz CT molecular complexity index is 167. The van der Waals surface area contributed by atoms with Gasteiger partial charge in [-0.25, -0.2) is 0 Å². The second-order valence-corrected chi connectivity index (χ2v) is 2.95. The number of likely N-dealkylation sites (N-methyl/N-ethyl adjacent to an activating group) is 1.